The van der Waals surface area contributed by atoms with E-state index in [0.717, 1.165) is 43.9 Å². The van der Waals surface area contributed by atoms with Gasteiger partial charge < -0.3 is 15.4 Å². The fourth-order valence-electron chi connectivity index (χ4n) is 2.73. The molecule has 0 radical (unpaired) electrons. The lowest BCUT2D eigenvalue weighted by Crippen LogP contribution is -2.40. The van der Waals surface area contributed by atoms with Crippen LogP contribution in [-0.4, -0.2) is 39.8 Å². The number of halogens is 1. The van der Waals surface area contributed by atoms with E-state index in [1.807, 2.05) is 7.05 Å². The fourth-order valence-corrected chi connectivity index (χ4v) is 2.73. The Morgan fingerprint density at radius 3 is 2.35 bits per heavy atom. The van der Waals surface area contributed by atoms with E-state index in [-0.39, 0.29) is 24.0 Å². The van der Waals surface area contributed by atoms with Gasteiger partial charge in [0.05, 0.1) is 0 Å². The van der Waals surface area contributed by atoms with Gasteiger partial charge in [-0.25, -0.2) is 0 Å². The van der Waals surface area contributed by atoms with Crippen LogP contribution in [-0.2, 0) is 4.74 Å². The van der Waals surface area contributed by atoms with Crippen molar-refractivity contribution in [2.45, 2.75) is 45.4 Å². The van der Waals surface area contributed by atoms with Crippen LogP contribution < -0.4 is 10.6 Å². The zero-order valence-electron chi connectivity index (χ0n) is 13.3. The van der Waals surface area contributed by atoms with Crippen LogP contribution in [0.15, 0.2) is 4.99 Å². The van der Waals surface area contributed by atoms with Crippen molar-refractivity contribution in [3.05, 3.63) is 0 Å². The van der Waals surface area contributed by atoms with Crippen molar-refractivity contribution in [1.82, 2.24) is 10.6 Å². The third kappa shape index (κ3) is 8.29. The van der Waals surface area contributed by atoms with Crippen LogP contribution >= 0.6 is 24.0 Å². The van der Waals surface area contributed by atoms with Gasteiger partial charge in [0.1, 0.15) is 0 Å². The van der Waals surface area contributed by atoms with Crippen LogP contribution in [0, 0.1) is 11.8 Å². The summed E-state index contributed by atoms with van der Waals surface area (Å²) in [5, 5.41) is 6.77. The summed E-state index contributed by atoms with van der Waals surface area (Å²) in [5.74, 6) is 2.72. The molecule has 1 fully saturated rings. The summed E-state index contributed by atoms with van der Waals surface area (Å²) >= 11 is 0. The molecule has 4 nitrogen and oxygen atoms in total. The SMILES string of the molecule is CCC1CCC(CNC(=NC)NCCCOC)CC1.I. The Morgan fingerprint density at radius 1 is 1.15 bits per heavy atom. The minimum Gasteiger partial charge on any atom is -0.385 e. The van der Waals surface area contributed by atoms with E-state index in [9.17, 15) is 0 Å². The highest BCUT2D eigenvalue weighted by molar-refractivity contribution is 14.0. The zero-order valence-corrected chi connectivity index (χ0v) is 15.6. The van der Waals surface area contributed by atoms with Crippen LogP contribution in [0.25, 0.3) is 0 Å². The van der Waals surface area contributed by atoms with Gasteiger partial charge >= 0.3 is 0 Å². The van der Waals surface area contributed by atoms with Crippen LogP contribution in [0.2, 0.25) is 0 Å². The second-order valence-corrected chi connectivity index (χ2v) is 5.52. The molecule has 1 saturated carbocycles. The summed E-state index contributed by atoms with van der Waals surface area (Å²) < 4.78 is 5.03. The number of guanidine groups is 1. The first-order valence-corrected chi connectivity index (χ1v) is 7.73. The van der Waals surface area contributed by atoms with Gasteiger partial charge in [-0.1, -0.05) is 26.2 Å². The number of ether oxygens (including phenoxy) is 1. The predicted octanol–water partition coefficient (Wildman–Crippen LogP) is 3.02. The van der Waals surface area contributed by atoms with Crippen molar-refractivity contribution in [3.8, 4) is 0 Å². The highest BCUT2D eigenvalue weighted by Crippen LogP contribution is 2.29. The van der Waals surface area contributed by atoms with Crippen molar-refractivity contribution in [3.63, 3.8) is 0 Å². The third-order valence-electron chi connectivity index (χ3n) is 4.14. The highest BCUT2D eigenvalue weighted by Gasteiger charge is 2.19. The Kier molecular flexibility index (Phi) is 12.7. The third-order valence-corrected chi connectivity index (χ3v) is 4.14. The molecular weight excluding hydrogens is 365 g/mol. The smallest absolute Gasteiger partial charge is 0.190 e. The molecule has 0 bridgehead atoms. The molecule has 0 saturated heterocycles. The van der Waals surface area contributed by atoms with Gasteiger partial charge in [0.2, 0.25) is 0 Å². The number of nitrogens with zero attached hydrogens (tertiary/aromatic N) is 1. The normalized spacial score (nSPS) is 23.1. The summed E-state index contributed by atoms with van der Waals surface area (Å²) in [6, 6.07) is 0. The Balaban J connectivity index is 0.00000361. The first-order valence-electron chi connectivity index (χ1n) is 7.73. The monoisotopic (exact) mass is 397 g/mol. The summed E-state index contributed by atoms with van der Waals surface area (Å²) in [6.07, 6.45) is 7.91. The molecule has 0 atom stereocenters. The minimum absolute atomic E-state index is 0. The minimum atomic E-state index is 0. The molecule has 0 aromatic carbocycles. The maximum atomic E-state index is 5.03. The molecule has 120 valence electrons. The Bertz CT molecular complexity index is 254. The molecule has 0 unspecified atom stereocenters. The molecule has 1 rings (SSSR count). The molecule has 0 aromatic heterocycles. The van der Waals surface area contributed by atoms with Crippen molar-refractivity contribution in [1.29, 1.82) is 0 Å². The van der Waals surface area contributed by atoms with Crippen molar-refractivity contribution in [2.24, 2.45) is 16.8 Å². The van der Waals surface area contributed by atoms with Crippen molar-refractivity contribution >= 4 is 29.9 Å². The second kappa shape index (κ2) is 12.7. The molecule has 0 aromatic rings. The molecule has 0 spiro atoms. The van der Waals surface area contributed by atoms with Gasteiger partial charge in [0.25, 0.3) is 0 Å². The average molecular weight is 397 g/mol. The van der Waals surface area contributed by atoms with Crippen molar-refractivity contribution < 1.29 is 4.74 Å². The number of nitrogens with one attached hydrogen (secondary N) is 2. The Labute approximate surface area is 141 Å². The Hall–Kier alpha value is -0.0400. The van der Waals surface area contributed by atoms with Gasteiger partial charge in [0.15, 0.2) is 5.96 Å². The average Bonchev–Trinajstić information content (AvgIpc) is 2.47. The lowest BCUT2D eigenvalue weighted by molar-refractivity contribution is 0.195. The van der Waals surface area contributed by atoms with Gasteiger partial charge in [-0.3, -0.25) is 4.99 Å². The van der Waals surface area contributed by atoms with E-state index in [2.05, 4.69) is 22.5 Å². The maximum Gasteiger partial charge on any atom is 0.190 e. The van der Waals surface area contributed by atoms with Gasteiger partial charge in [-0.15, -0.1) is 24.0 Å². The number of rotatable bonds is 7. The molecule has 1 aliphatic rings. The lowest BCUT2D eigenvalue weighted by atomic mass is 9.81. The number of hydrogen-bond acceptors (Lipinski definition) is 2. The van der Waals surface area contributed by atoms with Gasteiger partial charge in [-0.05, 0) is 31.1 Å². The van der Waals surface area contributed by atoms with E-state index in [4.69, 9.17) is 4.74 Å². The van der Waals surface area contributed by atoms with Gasteiger partial charge in [-0.2, -0.15) is 0 Å². The highest BCUT2D eigenvalue weighted by atomic mass is 127. The topological polar surface area (TPSA) is 45.7 Å². The molecular formula is C15H32IN3O. The van der Waals surface area contributed by atoms with E-state index in [1.165, 1.54) is 32.1 Å². The fraction of sp³-hybridized carbons (Fsp3) is 0.933. The van der Waals surface area contributed by atoms with E-state index in [0.29, 0.717) is 0 Å². The van der Waals surface area contributed by atoms with Gasteiger partial charge in [0, 0.05) is 33.9 Å². The second-order valence-electron chi connectivity index (χ2n) is 5.52. The van der Waals surface area contributed by atoms with Crippen LogP contribution in [0.1, 0.15) is 45.4 Å². The first kappa shape index (κ1) is 20.0. The molecule has 2 N–H and O–H groups in total. The van der Waals surface area contributed by atoms with Crippen LogP contribution in [0.4, 0.5) is 0 Å². The summed E-state index contributed by atoms with van der Waals surface area (Å²) in [7, 11) is 3.57. The standard InChI is InChI=1S/C15H31N3O.HI/c1-4-13-6-8-14(9-7-13)12-18-15(16-2)17-10-5-11-19-3;/h13-14H,4-12H2,1-3H3,(H2,16,17,18);1H. The molecule has 0 aliphatic heterocycles. The first-order chi connectivity index (χ1) is 9.30. The predicted molar refractivity (Wildman–Crippen MR) is 97.0 cm³/mol. The van der Waals surface area contributed by atoms with E-state index >= 15 is 0 Å². The van der Waals surface area contributed by atoms with E-state index in [1.54, 1.807) is 7.11 Å². The maximum absolute atomic E-state index is 5.03. The molecule has 1 aliphatic carbocycles. The van der Waals surface area contributed by atoms with Crippen LogP contribution in [0.3, 0.4) is 0 Å². The zero-order chi connectivity index (χ0) is 13.9. The number of hydrogen-bond donors (Lipinski definition) is 2. The van der Waals surface area contributed by atoms with Crippen molar-refractivity contribution in [2.75, 3.05) is 33.9 Å². The molecule has 0 heterocycles. The quantitative estimate of drug-likeness (QED) is 0.301. The summed E-state index contributed by atoms with van der Waals surface area (Å²) in [4.78, 5) is 4.25. The summed E-state index contributed by atoms with van der Waals surface area (Å²) in [6.45, 7) is 5.08. The molecule has 0 amide bonds. The number of methoxy groups -OCH3 is 1. The molecule has 5 heteroatoms. The lowest BCUT2D eigenvalue weighted by Gasteiger charge is -2.28. The number of aliphatic imine (C=N–C) groups is 1. The summed E-state index contributed by atoms with van der Waals surface area (Å²) in [5.41, 5.74) is 0. The van der Waals surface area contributed by atoms with Crippen LogP contribution in [0.5, 0.6) is 0 Å². The van der Waals surface area contributed by atoms with E-state index < -0.39 is 0 Å². The largest absolute Gasteiger partial charge is 0.385 e. The Morgan fingerprint density at radius 2 is 1.80 bits per heavy atom. The molecule has 20 heavy (non-hydrogen) atoms.